The van der Waals surface area contributed by atoms with E-state index >= 15 is 0 Å². The molecule has 0 aliphatic heterocycles. The highest BCUT2D eigenvalue weighted by Crippen LogP contribution is 2.14. The zero-order chi connectivity index (χ0) is 14.6. The molecule has 4 heteroatoms. The van der Waals surface area contributed by atoms with Crippen LogP contribution >= 0.6 is 0 Å². The smallest absolute Gasteiger partial charge is 0.220 e. The molecular weight excluding hydrogens is 248 g/mol. The molecule has 0 aliphatic rings. The van der Waals surface area contributed by atoms with Crippen molar-refractivity contribution in [1.29, 1.82) is 0 Å². The van der Waals surface area contributed by atoms with Gasteiger partial charge in [0.15, 0.2) is 0 Å². The van der Waals surface area contributed by atoms with E-state index in [2.05, 4.69) is 16.9 Å². The average molecular weight is 278 g/mol. The van der Waals surface area contributed by atoms with Gasteiger partial charge in [0.2, 0.25) is 5.95 Å². The highest BCUT2D eigenvalue weighted by molar-refractivity contribution is 5.42. The Kier molecular flexibility index (Phi) is 8.76. The predicted molar refractivity (Wildman–Crippen MR) is 86.4 cm³/mol. The fourth-order valence-electron chi connectivity index (χ4n) is 2.42. The maximum absolute atomic E-state index is 5.83. The molecule has 0 saturated heterocycles. The molecule has 0 aromatic carbocycles. The number of hydrogen-bond acceptors (Lipinski definition) is 4. The Hall–Kier alpha value is -1.32. The van der Waals surface area contributed by atoms with E-state index in [4.69, 9.17) is 11.5 Å². The van der Waals surface area contributed by atoms with E-state index in [1.165, 1.54) is 57.8 Å². The van der Waals surface area contributed by atoms with Gasteiger partial charge < -0.3 is 11.5 Å². The molecule has 20 heavy (non-hydrogen) atoms. The van der Waals surface area contributed by atoms with E-state index in [1.807, 2.05) is 0 Å². The largest absolute Gasteiger partial charge is 0.396 e. The molecule has 0 aliphatic carbocycles. The molecule has 0 saturated carbocycles. The summed E-state index contributed by atoms with van der Waals surface area (Å²) >= 11 is 0. The van der Waals surface area contributed by atoms with Crippen LogP contribution in [0.2, 0.25) is 0 Å². The number of hydrogen-bond donors (Lipinski definition) is 2. The lowest BCUT2D eigenvalue weighted by Crippen LogP contribution is -2.03. The zero-order valence-electron chi connectivity index (χ0n) is 12.9. The third-order valence-corrected chi connectivity index (χ3v) is 3.69. The number of nitrogens with zero attached hydrogens (tertiary/aromatic N) is 2. The summed E-state index contributed by atoms with van der Waals surface area (Å²) < 4.78 is 0. The number of anilines is 2. The standard InChI is InChI=1S/C16H30N4/c1-2-3-4-5-6-7-8-9-10-11-12-15-14(17)13-19-16(18)20-15/h13H,2-12,17H2,1H3,(H2,18,19,20). The van der Waals surface area contributed by atoms with Crippen LogP contribution in [0, 0.1) is 0 Å². The van der Waals surface area contributed by atoms with Gasteiger partial charge in [-0.2, -0.15) is 0 Å². The Morgan fingerprint density at radius 1 is 0.850 bits per heavy atom. The summed E-state index contributed by atoms with van der Waals surface area (Å²) in [4.78, 5) is 8.07. The molecule has 1 aromatic heterocycles. The third-order valence-electron chi connectivity index (χ3n) is 3.69. The topological polar surface area (TPSA) is 77.8 Å². The van der Waals surface area contributed by atoms with Crippen molar-refractivity contribution in [2.45, 2.75) is 77.6 Å². The summed E-state index contributed by atoms with van der Waals surface area (Å²) in [7, 11) is 0. The fraction of sp³-hybridized carbons (Fsp3) is 0.750. The Morgan fingerprint density at radius 3 is 2.00 bits per heavy atom. The molecule has 0 spiro atoms. The number of unbranched alkanes of at least 4 members (excludes halogenated alkanes) is 9. The van der Waals surface area contributed by atoms with Gasteiger partial charge in [0.1, 0.15) is 0 Å². The molecule has 0 radical (unpaired) electrons. The maximum Gasteiger partial charge on any atom is 0.220 e. The van der Waals surface area contributed by atoms with Crippen LogP contribution in [-0.4, -0.2) is 9.97 Å². The van der Waals surface area contributed by atoms with E-state index in [9.17, 15) is 0 Å². The number of aryl methyl sites for hydroxylation is 1. The SMILES string of the molecule is CCCCCCCCCCCCc1nc(N)ncc1N. The number of nitrogens with two attached hydrogens (primary N) is 2. The summed E-state index contributed by atoms with van der Waals surface area (Å²) in [5.74, 6) is 0.321. The molecular formula is C16H30N4. The van der Waals surface area contributed by atoms with Crippen molar-refractivity contribution in [3.63, 3.8) is 0 Å². The molecule has 0 unspecified atom stereocenters. The Bertz CT molecular complexity index is 365. The van der Waals surface area contributed by atoms with E-state index in [-0.39, 0.29) is 0 Å². The first-order valence-electron chi connectivity index (χ1n) is 8.11. The molecule has 0 fully saturated rings. The second-order valence-electron chi connectivity index (χ2n) is 5.56. The van der Waals surface area contributed by atoms with Gasteiger partial charge in [-0.15, -0.1) is 0 Å². The Balaban J connectivity index is 1.98. The highest BCUT2D eigenvalue weighted by atomic mass is 15.0. The molecule has 1 heterocycles. The van der Waals surface area contributed by atoms with Gasteiger partial charge in [-0.25, -0.2) is 9.97 Å². The second-order valence-corrected chi connectivity index (χ2v) is 5.56. The van der Waals surface area contributed by atoms with Crippen LogP contribution in [0.15, 0.2) is 6.20 Å². The first-order valence-corrected chi connectivity index (χ1v) is 8.11. The number of aromatic nitrogens is 2. The Morgan fingerprint density at radius 2 is 1.40 bits per heavy atom. The minimum absolute atomic E-state index is 0.321. The summed E-state index contributed by atoms with van der Waals surface area (Å²) in [6, 6.07) is 0. The van der Waals surface area contributed by atoms with Gasteiger partial charge in [0.05, 0.1) is 17.6 Å². The average Bonchev–Trinajstić information content (AvgIpc) is 2.44. The van der Waals surface area contributed by atoms with E-state index in [0.717, 1.165) is 18.5 Å². The summed E-state index contributed by atoms with van der Waals surface area (Å²) in [5.41, 5.74) is 13.0. The van der Waals surface area contributed by atoms with Crippen LogP contribution in [0.1, 0.15) is 76.8 Å². The van der Waals surface area contributed by atoms with Gasteiger partial charge in [0, 0.05) is 0 Å². The van der Waals surface area contributed by atoms with Crippen molar-refractivity contribution in [2.75, 3.05) is 11.5 Å². The number of nitrogen functional groups attached to an aromatic ring is 2. The van der Waals surface area contributed by atoms with Crippen molar-refractivity contribution < 1.29 is 0 Å². The third kappa shape index (κ3) is 7.31. The fourth-order valence-corrected chi connectivity index (χ4v) is 2.42. The number of rotatable bonds is 11. The monoisotopic (exact) mass is 278 g/mol. The van der Waals surface area contributed by atoms with Crippen LogP contribution in [0.25, 0.3) is 0 Å². The normalized spacial score (nSPS) is 10.8. The lowest BCUT2D eigenvalue weighted by Gasteiger charge is -2.05. The van der Waals surface area contributed by atoms with Crippen LogP contribution in [-0.2, 0) is 6.42 Å². The maximum atomic E-state index is 5.83. The zero-order valence-corrected chi connectivity index (χ0v) is 12.9. The first kappa shape index (κ1) is 16.7. The second kappa shape index (κ2) is 10.5. The van der Waals surface area contributed by atoms with Crippen LogP contribution in [0.5, 0.6) is 0 Å². The quantitative estimate of drug-likeness (QED) is 0.597. The summed E-state index contributed by atoms with van der Waals surface area (Å²) in [5, 5.41) is 0. The molecule has 4 nitrogen and oxygen atoms in total. The van der Waals surface area contributed by atoms with Crippen molar-refractivity contribution >= 4 is 11.6 Å². The minimum atomic E-state index is 0.321. The molecule has 0 atom stereocenters. The van der Waals surface area contributed by atoms with Crippen molar-refractivity contribution in [3.05, 3.63) is 11.9 Å². The first-order chi connectivity index (χ1) is 9.74. The Labute approximate surface area is 123 Å². The van der Waals surface area contributed by atoms with Crippen LogP contribution in [0.3, 0.4) is 0 Å². The molecule has 1 aromatic rings. The molecule has 4 N–H and O–H groups in total. The van der Waals surface area contributed by atoms with Gasteiger partial charge in [-0.3, -0.25) is 0 Å². The predicted octanol–water partition coefficient (Wildman–Crippen LogP) is 4.10. The van der Waals surface area contributed by atoms with Gasteiger partial charge >= 0.3 is 0 Å². The molecule has 114 valence electrons. The lowest BCUT2D eigenvalue weighted by atomic mass is 10.0. The van der Waals surface area contributed by atoms with Crippen molar-refractivity contribution in [3.8, 4) is 0 Å². The van der Waals surface area contributed by atoms with Crippen LogP contribution in [0.4, 0.5) is 11.6 Å². The van der Waals surface area contributed by atoms with Crippen molar-refractivity contribution in [1.82, 2.24) is 9.97 Å². The van der Waals surface area contributed by atoms with Gasteiger partial charge in [-0.05, 0) is 12.8 Å². The summed E-state index contributed by atoms with van der Waals surface area (Å²) in [6.07, 6.45) is 15.9. The molecule has 0 bridgehead atoms. The van der Waals surface area contributed by atoms with E-state index in [0.29, 0.717) is 11.6 Å². The van der Waals surface area contributed by atoms with Gasteiger partial charge in [-0.1, -0.05) is 64.7 Å². The highest BCUT2D eigenvalue weighted by Gasteiger charge is 2.02. The minimum Gasteiger partial charge on any atom is -0.396 e. The van der Waals surface area contributed by atoms with E-state index in [1.54, 1.807) is 6.20 Å². The molecule has 1 rings (SSSR count). The van der Waals surface area contributed by atoms with Gasteiger partial charge in [0.25, 0.3) is 0 Å². The van der Waals surface area contributed by atoms with Crippen LogP contribution < -0.4 is 11.5 Å². The van der Waals surface area contributed by atoms with Crippen molar-refractivity contribution in [2.24, 2.45) is 0 Å². The summed E-state index contributed by atoms with van der Waals surface area (Å²) in [6.45, 7) is 2.26. The lowest BCUT2D eigenvalue weighted by molar-refractivity contribution is 0.555. The molecule has 0 amide bonds. The van der Waals surface area contributed by atoms with E-state index < -0.39 is 0 Å².